The van der Waals surface area contributed by atoms with Crippen molar-refractivity contribution in [3.05, 3.63) is 18.2 Å². The number of aliphatic hydroxyl groups is 1. The Bertz CT molecular complexity index is 789. The normalized spacial score (nSPS) is 15.4. The number of aliphatic carboxylic acids is 1. The van der Waals surface area contributed by atoms with E-state index < -0.39 is 54.5 Å². The summed E-state index contributed by atoms with van der Waals surface area (Å²) in [5.41, 5.74) is 11.9. The maximum Gasteiger partial charge on any atom is 0.326 e. The van der Waals surface area contributed by atoms with E-state index in [2.05, 4.69) is 25.9 Å². The van der Waals surface area contributed by atoms with Crippen LogP contribution in [0, 0.1) is 5.92 Å². The van der Waals surface area contributed by atoms with Gasteiger partial charge in [0.1, 0.15) is 18.1 Å². The summed E-state index contributed by atoms with van der Waals surface area (Å²) >= 11 is 0. The number of carbonyl (C=O) groups is 4. The van der Waals surface area contributed by atoms with E-state index in [1.165, 1.54) is 12.5 Å². The number of nitrogens with one attached hydrogen (secondary N) is 4. The Morgan fingerprint density at radius 1 is 1.09 bits per heavy atom. The number of aromatic amines is 1. The maximum atomic E-state index is 12.9. The van der Waals surface area contributed by atoms with Crippen LogP contribution in [-0.4, -0.2) is 81.2 Å². The highest BCUT2D eigenvalue weighted by Crippen LogP contribution is 2.08. The van der Waals surface area contributed by atoms with Gasteiger partial charge in [0.25, 0.3) is 0 Å². The Balaban J connectivity index is 2.90. The van der Waals surface area contributed by atoms with Gasteiger partial charge in [0, 0.05) is 18.3 Å². The Kier molecular flexibility index (Phi) is 12.8. The van der Waals surface area contributed by atoms with Gasteiger partial charge in [-0.25, -0.2) is 9.78 Å². The van der Waals surface area contributed by atoms with Gasteiger partial charge in [-0.05, 0) is 25.3 Å². The molecular weight excluding hydrogens is 446 g/mol. The molecular formula is C21H37N7O6. The lowest BCUT2D eigenvalue weighted by Gasteiger charge is -2.25. The van der Waals surface area contributed by atoms with Crippen molar-refractivity contribution in [3.8, 4) is 0 Å². The number of carbonyl (C=O) groups excluding carboxylic acids is 3. The minimum atomic E-state index is -1.42. The van der Waals surface area contributed by atoms with E-state index in [9.17, 15) is 29.4 Å². The van der Waals surface area contributed by atoms with Crippen molar-refractivity contribution in [2.75, 3.05) is 13.2 Å². The number of aliphatic hydroxyl groups excluding tert-OH is 1. The smallest absolute Gasteiger partial charge is 0.326 e. The second-order valence-corrected chi connectivity index (χ2v) is 8.19. The molecule has 1 aromatic rings. The Hall–Kier alpha value is -3.03. The molecule has 0 aromatic carbocycles. The van der Waals surface area contributed by atoms with E-state index in [0.717, 1.165) is 0 Å². The number of nitrogens with two attached hydrogens (primary N) is 2. The Morgan fingerprint density at radius 2 is 1.74 bits per heavy atom. The van der Waals surface area contributed by atoms with Crippen molar-refractivity contribution < 1.29 is 29.4 Å². The average molecular weight is 484 g/mol. The van der Waals surface area contributed by atoms with Crippen LogP contribution < -0.4 is 27.4 Å². The highest BCUT2D eigenvalue weighted by Gasteiger charge is 2.31. The highest BCUT2D eigenvalue weighted by molar-refractivity contribution is 5.94. The van der Waals surface area contributed by atoms with E-state index in [-0.39, 0.29) is 12.3 Å². The molecule has 13 nitrogen and oxygen atoms in total. The summed E-state index contributed by atoms with van der Waals surface area (Å²) in [7, 11) is 0. The van der Waals surface area contributed by atoms with E-state index in [1.807, 2.05) is 0 Å². The summed E-state index contributed by atoms with van der Waals surface area (Å²) in [6.07, 6.45) is 5.16. The quantitative estimate of drug-likeness (QED) is 0.121. The molecule has 0 radical (unpaired) electrons. The third-order valence-corrected chi connectivity index (χ3v) is 5.51. The number of unbranched alkanes of at least 4 members (excludes halogenated alkanes) is 1. The van der Waals surface area contributed by atoms with Crippen LogP contribution in [0.4, 0.5) is 0 Å². The maximum absolute atomic E-state index is 12.9. The Labute approximate surface area is 198 Å². The average Bonchev–Trinajstić information content (AvgIpc) is 3.32. The highest BCUT2D eigenvalue weighted by atomic mass is 16.4. The molecule has 3 amide bonds. The topological polar surface area (TPSA) is 226 Å². The number of rotatable bonds is 16. The predicted molar refractivity (Wildman–Crippen MR) is 123 cm³/mol. The van der Waals surface area contributed by atoms with Gasteiger partial charge in [0.2, 0.25) is 17.7 Å². The molecule has 0 fully saturated rings. The van der Waals surface area contributed by atoms with E-state index in [1.54, 1.807) is 13.8 Å². The Morgan fingerprint density at radius 3 is 2.26 bits per heavy atom. The summed E-state index contributed by atoms with van der Waals surface area (Å²) in [6.45, 7) is 3.15. The number of imidazole rings is 1. The molecule has 34 heavy (non-hydrogen) atoms. The van der Waals surface area contributed by atoms with E-state index >= 15 is 0 Å². The second-order valence-electron chi connectivity index (χ2n) is 8.19. The van der Waals surface area contributed by atoms with Gasteiger partial charge in [-0.3, -0.25) is 14.4 Å². The summed E-state index contributed by atoms with van der Waals surface area (Å²) in [5.74, 6) is -3.75. The fourth-order valence-electron chi connectivity index (χ4n) is 3.15. The first kappa shape index (κ1) is 29.0. The zero-order valence-electron chi connectivity index (χ0n) is 19.6. The molecule has 10 N–H and O–H groups in total. The summed E-state index contributed by atoms with van der Waals surface area (Å²) in [6, 6.07) is -4.58. The van der Waals surface area contributed by atoms with Crippen LogP contribution in [0.3, 0.4) is 0 Å². The predicted octanol–water partition coefficient (Wildman–Crippen LogP) is -2.01. The first-order chi connectivity index (χ1) is 16.1. The molecule has 13 heteroatoms. The van der Waals surface area contributed by atoms with Gasteiger partial charge in [0.15, 0.2) is 0 Å². The zero-order chi connectivity index (χ0) is 25.7. The number of hydrogen-bond donors (Lipinski definition) is 8. The van der Waals surface area contributed by atoms with Gasteiger partial charge in [-0.2, -0.15) is 0 Å². The molecule has 1 heterocycles. The number of hydrogen-bond acceptors (Lipinski definition) is 8. The molecule has 0 aliphatic heterocycles. The molecule has 0 aliphatic carbocycles. The minimum absolute atomic E-state index is 0.0253. The lowest BCUT2D eigenvalue weighted by molar-refractivity contribution is -0.144. The molecule has 0 spiro atoms. The van der Waals surface area contributed by atoms with Crippen LogP contribution in [0.2, 0.25) is 0 Å². The third kappa shape index (κ3) is 9.45. The molecule has 0 bridgehead atoms. The van der Waals surface area contributed by atoms with Gasteiger partial charge in [-0.1, -0.05) is 26.7 Å². The van der Waals surface area contributed by atoms with E-state index in [4.69, 9.17) is 11.5 Å². The first-order valence-corrected chi connectivity index (χ1v) is 11.3. The molecule has 0 saturated carbocycles. The number of carboxylic acids is 1. The number of aromatic nitrogens is 2. The van der Waals surface area contributed by atoms with Crippen molar-refractivity contribution in [1.82, 2.24) is 25.9 Å². The van der Waals surface area contributed by atoms with Crippen molar-refractivity contribution in [2.24, 2.45) is 17.4 Å². The van der Waals surface area contributed by atoms with Gasteiger partial charge in [-0.15, -0.1) is 0 Å². The summed E-state index contributed by atoms with van der Waals surface area (Å²) in [4.78, 5) is 56.3. The van der Waals surface area contributed by atoms with E-state index in [0.29, 0.717) is 37.9 Å². The summed E-state index contributed by atoms with van der Waals surface area (Å²) < 4.78 is 0. The van der Waals surface area contributed by atoms with Crippen LogP contribution in [0.5, 0.6) is 0 Å². The standard InChI is InChI=1S/C21H37N7O6/c1-3-12(2)17(21(33)34)28-20(32)16(10-29)27-19(31)15(8-13-9-24-11-25-13)26-18(30)14(23)6-4-5-7-22/h9,11-12,14-17,29H,3-8,10,22-23H2,1-2H3,(H,24,25)(H,26,30)(H,27,31)(H,28,32)(H,33,34). The monoisotopic (exact) mass is 483 g/mol. The molecule has 0 saturated heterocycles. The first-order valence-electron chi connectivity index (χ1n) is 11.3. The largest absolute Gasteiger partial charge is 0.480 e. The van der Waals surface area contributed by atoms with Crippen LogP contribution >= 0.6 is 0 Å². The number of amides is 3. The van der Waals surface area contributed by atoms with Crippen molar-refractivity contribution in [2.45, 2.75) is 70.1 Å². The summed E-state index contributed by atoms with van der Waals surface area (Å²) in [5, 5.41) is 26.3. The van der Waals surface area contributed by atoms with Crippen LogP contribution in [0.1, 0.15) is 45.2 Å². The molecule has 0 aliphatic rings. The number of H-pyrrole nitrogens is 1. The zero-order valence-corrected chi connectivity index (χ0v) is 19.6. The van der Waals surface area contributed by atoms with Crippen molar-refractivity contribution >= 4 is 23.7 Å². The molecule has 1 rings (SSSR count). The van der Waals surface area contributed by atoms with Crippen molar-refractivity contribution in [1.29, 1.82) is 0 Å². The minimum Gasteiger partial charge on any atom is -0.480 e. The SMILES string of the molecule is CCC(C)C(NC(=O)C(CO)NC(=O)C(Cc1cnc[nH]1)NC(=O)C(N)CCCCN)C(=O)O. The van der Waals surface area contributed by atoms with Crippen LogP contribution in [0.15, 0.2) is 12.5 Å². The molecule has 5 atom stereocenters. The van der Waals surface area contributed by atoms with Crippen LogP contribution in [-0.2, 0) is 25.6 Å². The number of nitrogens with zero attached hydrogens (tertiary/aromatic N) is 1. The molecule has 1 aromatic heterocycles. The number of carboxylic acid groups (broad SMARTS) is 1. The van der Waals surface area contributed by atoms with Crippen LogP contribution in [0.25, 0.3) is 0 Å². The molecule has 192 valence electrons. The van der Waals surface area contributed by atoms with Gasteiger partial charge >= 0.3 is 5.97 Å². The van der Waals surface area contributed by atoms with Gasteiger partial charge in [0.05, 0.1) is 19.0 Å². The third-order valence-electron chi connectivity index (χ3n) is 5.51. The lowest BCUT2D eigenvalue weighted by atomic mass is 9.99. The fraction of sp³-hybridized carbons (Fsp3) is 0.667. The molecule has 5 unspecified atom stereocenters. The fourth-order valence-corrected chi connectivity index (χ4v) is 3.15. The van der Waals surface area contributed by atoms with Gasteiger partial charge < -0.3 is 42.6 Å². The van der Waals surface area contributed by atoms with Crippen molar-refractivity contribution in [3.63, 3.8) is 0 Å². The second kappa shape index (κ2) is 15.0. The lowest BCUT2D eigenvalue weighted by Crippen LogP contribution is -2.59.